The molecule has 0 heterocycles. The molecule has 0 aromatic heterocycles. The highest BCUT2D eigenvalue weighted by molar-refractivity contribution is 6.25. The van der Waals surface area contributed by atoms with E-state index >= 15 is 0 Å². The molecule has 3 atom stereocenters. The number of hydrogen-bond donors (Lipinski definition) is 0. The molecule has 2 aromatic rings. The van der Waals surface area contributed by atoms with Gasteiger partial charge in [-0.25, -0.2) is 0 Å². The van der Waals surface area contributed by atoms with Crippen LogP contribution < -0.4 is 0 Å². The summed E-state index contributed by atoms with van der Waals surface area (Å²) in [7, 11) is 0. The summed E-state index contributed by atoms with van der Waals surface area (Å²) < 4.78 is 0. The Morgan fingerprint density at radius 1 is 0.850 bits per heavy atom. The van der Waals surface area contributed by atoms with Gasteiger partial charge in [0.15, 0.2) is 0 Å². The molecule has 0 amide bonds. The predicted molar refractivity (Wildman–Crippen MR) is 86.5 cm³/mol. The normalized spacial score (nSPS) is 29.5. The first-order chi connectivity index (χ1) is 9.75. The summed E-state index contributed by atoms with van der Waals surface area (Å²) in [6.45, 7) is 2.23. The Bertz CT molecular complexity index is 499. The Labute approximate surface area is 126 Å². The molecule has 3 rings (SSSR count). The fourth-order valence-electron chi connectivity index (χ4n) is 3.81. The third kappa shape index (κ3) is 2.27. The summed E-state index contributed by atoms with van der Waals surface area (Å²) >= 11 is 7.16. The SMILES string of the molecule is CCC1(Cl)[C@@H](c2ccccc2)CC[C@H]1c1ccccc1. The highest BCUT2D eigenvalue weighted by Gasteiger charge is 2.48. The molecule has 0 aliphatic heterocycles. The van der Waals surface area contributed by atoms with Crippen LogP contribution >= 0.6 is 11.6 Å². The van der Waals surface area contributed by atoms with E-state index in [0.29, 0.717) is 11.8 Å². The van der Waals surface area contributed by atoms with E-state index in [9.17, 15) is 0 Å². The lowest BCUT2D eigenvalue weighted by Crippen LogP contribution is -2.30. The van der Waals surface area contributed by atoms with Crippen molar-refractivity contribution < 1.29 is 0 Å². The Morgan fingerprint density at radius 2 is 1.25 bits per heavy atom. The van der Waals surface area contributed by atoms with E-state index in [2.05, 4.69) is 67.6 Å². The lowest BCUT2D eigenvalue weighted by Gasteiger charge is -2.34. The van der Waals surface area contributed by atoms with Gasteiger partial charge < -0.3 is 0 Å². The average molecular weight is 285 g/mol. The van der Waals surface area contributed by atoms with Crippen LogP contribution in [0.1, 0.15) is 49.1 Å². The minimum Gasteiger partial charge on any atom is -0.118 e. The van der Waals surface area contributed by atoms with Crippen LogP contribution in [0.3, 0.4) is 0 Å². The van der Waals surface area contributed by atoms with Crippen molar-refractivity contribution in [1.82, 2.24) is 0 Å². The van der Waals surface area contributed by atoms with E-state index in [4.69, 9.17) is 11.6 Å². The smallest absolute Gasteiger partial charge is 0.0580 e. The van der Waals surface area contributed by atoms with Crippen molar-refractivity contribution in [2.75, 3.05) is 0 Å². The molecular weight excluding hydrogens is 264 g/mol. The molecule has 1 aliphatic rings. The quantitative estimate of drug-likeness (QED) is 0.631. The number of hydrogen-bond acceptors (Lipinski definition) is 0. The zero-order valence-electron chi connectivity index (χ0n) is 11.9. The van der Waals surface area contributed by atoms with Crippen LogP contribution in [-0.4, -0.2) is 4.87 Å². The molecule has 20 heavy (non-hydrogen) atoms. The van der Waals surface area contributed by atoms with Gasteiger partial charge in [-0.05, 0) is 30.4 Å². The Kier molecular flexibility index (Phi) is 3.85. The highest BCUT2D eigenvalue weighted by atomic mass is 35.5. The summed E-state index contributed by atoms with van der Waals surface area (Å²) in [5.74, 6) is 0.918. The standard InChI is InChI=1S/C19H21Cl/c1-2-19(20)17(15-9-5-3-6-10-15)13-14-18(19)16-11-7-4-8-12-16/h3-12,17-18H,2,13-14H2,1H3/t17-,18+,19?. The molecule has 0 N–H and O–H groups in total. The summed E-state index contributed by atoms with van der Waals surface area (Å²) in [4.78, 5) is -0.150. The summed E-state index contributed by atoms with van der Waals surface area (Å²) in [5, 5.41) is 0. The van der Waals surface area contributed by atoms with Gasteiger partial charge in [0, 0.05) is 11.8 Å². The molecule has 1 aliphatic carbocycles. The van der Waals surface area contributed by atoms with Gasteiger partial charge in [0.2, 0.25) is 0 Å². The van der Waals surface area contributed by atoms with Gasteiger partial charge in [-0.1, -0.05) is 67.6 Å². The van der Waals surface area contributed by atoms with Crippen LogP contribution in [0.5, 0.6) is 0 Å². The maximum Gasteiger partial charge on any atom is 0.0580 e. The minimum atomic E-state index is -0.150. The van der Waals surface area contributed by atoms with Crippen molar-refractivity contribution in [3.8, 4) is 0 Å². The molecule has 1 fully saturated rings. The second-order valence-electron chi connectivity index (χ2n) is 5.78. The second-order valence-corrected chi connectivity index (χ2v) is 6.49. The monoisotopic (exact) mass is 284 g/mol. The van der Waals surface area contributed by atoms with Gasteiger partial charge in [0.25, 0.3) is 0 Å². The van der Waals surface area contributed by atoms with Crippen molar-refractivity contribution in [1.29, 1.82) is 0 Å². The molecule has 0 nitrogen and oxygen atoms in total. The van der Waals surface area contributed by atoms with E-state index in [1.807, 2.05) is 0 Å². The fraction of sp³-hybridized carbons (Fsp3) is 0.368. The van der Waals surface area contributed by atoms with Crippen molar-refractivity contribution >= 4 is 11.6 Å². The number of rotatable bonds is 3. The van der Waals surface area contributed by atoms with Crippen LogP contribution in [0.4, 0.5) is 0 Å². The molecule has 2 aromatic carbocycles. The molecular formula is C19H21Cl. The molecule has 1 unspecified atom stereocenters. The lowest BCUT2D eigenvalue weighted by atomic mass is 9.79. The van der Waals surface area contributed by atoms with Crippen LogP contribution in [0.25, 0.3) is 0 Å². The van der Waals surface area contributed by atoms with Gasteiger partial charge in [0.05, 0.1) is 4.87 Å². The summed E-state index contributed by atoms with van der Waals surface area (Å²) in [6, 6.07) is 21.6. The molecule has 104 valence electrons. The Hall–Kier alpha value is -1.27. The third-order valence-electron chi connectivity index (χ3n) is 4.85. The zero-order valence-corrected chi connectivity index (χ0v) is 12.7. The molecule has 1 heteroatoms. The minimum absolute atomic E-state index is 0.150. The molecule has 1 saturated carbocycles. The van der Waals surface area contributed by atoms with E-state index < -0.39 is 0 Å². The largest absolute Gasteiger partial charge is 0.118 e. The van der Waals surface area contributed by atoms with E-state index in [1.165, 1.54) is 24.0 Å². The lowest BCUT2D eigenvalue weighted by molar-refractivity contribution is 0.466. The van der Waals surface area contributed by atoms with Crippen molar-refractivity contribution in [2.45, 2.75) is 42.9 Å². The van der Waals surface area contributed by atoms with Gasteiger partial charge in [-0.3, -0.25) is 0 Å². The van der Waals surface area contributed by atoms with Crippen LogP contribution in [0.2, 0.25) is 0 Å². The van der Waals surface area contributed by atoms with Crippen LogP contribution in [0, 0.1) is 0 Å². The first-order valence-electron chi connectivity index (χ1n) is 7.54. The van der Waals surface area contributed by atoms with Gasteiger partial charge in [-0.15, -0.1) is 11.6 Å². The topological polar surface area (TPSA) is 0 Å². The summed E-state index contributed by atoms with van der Waals surface area (Å²) in [6.07, 6.45) is 3.37. The number of benzene rings is 2. The van der Waals surface area contributed by atoms with Gasteiger partial charge in [-0.2, -0.15) is 0 Å². The fourth-order valence-corrected chi connectivity index (χ4v) is 4.28. The van der Waals surface area contributed by atoms with Gasteiger partial charge in [0.1, 0.15) is 0 Å². The number of halogens is 1. The molecule has 0 bridgehead atoms. The first kappa shape index (κ1) is 13.7. The molecule has 0 saturated heterocycles. The van der Waals surface area contributed by atoms with E-state index in [-0.39, 0.29) is 4.87 Å². The van der Waals surface area contributed by atoms with Crippen LogP contribution in [-0.2, 0) is 0 Å². The average Bonchev–Trinajstić information content (AvgIpc) is 2.87. The van der Waals surface area contributed by atoms with Crippen LogP contribution in [0.15, 0.2) is 60.7 Å². The van der Waals surface area contributed by atoms with Crippen molar-refractivity contribution in [2.24, 2.45) is 0 Å². The first-order valence-corrected chi connectivity index (χ1v) is 7.92. The summed E-state index contributed by atoms with van der Waals surface area (Å²) in [5.41, 5.74) is 2.78. The zero-order chi connectivity index (χ0) is 14.0. The highest BCUT2D eigenvalue weighted by Crippen LogP contribution is 2.56. The third-order valence-corrected chi connectivity index (χ3v) is 5.64. The van der Waals surface area contributed by atoms with E-state index in [0.717, 1.165) is 6.42 Å². The Balaban J connectivity index is 1.97. The molecule has 0 spiro atoms. The molecule has 0 radical (unpaired) electrons. The van der Waals surface area contributed by atoms with Crippen molar-refractivity contribution in [3.05, 3.63) is 71.8 Å². The Morgan fingerprint density at radius 3 is 1.60 bits per heavy atom. The van der Waals surface area contributed by atoms with Gasteiger partial charge >= 0.3 is 0 Å². The predicted octanol–water partition coefficient (Wildman–Crippen LogP) is 5.74. The van der Waals surface area contributed by atoms with Crippen molar-refractivity contribution in [3.63, 3.8) is 0 Å². The maximum absolute atomic E-state index is 7.16. The maximum atomic E-state index is 7.16. The number of alkyl halides is 1. The van der Waals surface area contributed by atoms with E-state index in [1.54, 1.807) is 0 Å². The second kappa shape index (κ2) is 5.61.